The van der Waals surface area contributed by atoms with E-state index in [9.17, 15) is 14.7 Å². The Morgan fingerprint density at radius 3 is 1.97 bits per heavy atom. The van der Waals surface area contributed by atoms with Crippen LogP contribution in [0.25, 0.3) is 0 Å². The first kappa shape index (κ1) is 45.6. The molecule has 58 heavy (non-hydrogen) atoms. The normalized spacial score (nSPS) is 36.4. The molecule has 3 aliphatic carbocycles. The maximum Gasteiger partial charge on any atom is 0.338 e. The van der Waals surface area contributed by atoms with Crippen LogP contribution in [-0.2, 0) is 37.3 Å². The van der Waals surface area contributed by atoms with Crippen LogP contribution in [0.3, 0.4) is 0 Å². The minimum Gasteiger partial charge on any atom is -0.455 e. The van der Waals surface area contributed by atoms with Gasteiger partial charge in [-0.15, -0.1) is 0 Å². The van der Waals surface area contributed by atoms with E-state index in [1.165, 1.54) is 0 Å². The standard InChI is InChI=1S/C46H74O10Si2/c1-14-24-35(47)52-45-29-50-34(45)27-33(56-58(18-5,19-6)20-7)44(13)38(45)40(51-41(48)31-25-22-21-23-26-31)46(49)28-32(55-57(15-2,16-3)17-4)30(8)36(42(46,9)10)37-39(44)54-43(11,12)53-37/h21-23,25-26,32-34,37-40,49H,14-20,24,27-29H2,1-13H3/t32-,33-,34+,37+,38-,39+,40-,44+,45-,46+/m0/s1. The van der Waals surface area contributed by atoms with Crippen LogP contribution < -0.4 is 0 Å². The minimum absolute atomic E-state index is 0.0920. The molecule has 1 N–H and O–H groups in total. The van der Waals surface area contributed by atoms with Crippen LogP contribution in [0.4, 0.5) is 0 Å². The minimum atomic E-state index is -2.34. The van der Waals surface area contributed by atoms with Gasteiger partial charge in [-0.25, -0.2) is 4.79 Å². The fourth-order valence-electron chi connectivity index (χ4n) is 11.8. The number of carbonyl (C=O) groups excluding carboxylic acids is 2. The summed E-state index contributed by atoms with van der Waals surface area (Å²) in [7, 11) is -4.60. The Bertz CT molecular complexity index is 1670. The molecule has 0 unspecified atom stereocenters. The Morgan fingerprint density at radius 2 is 1.43 bits per heavy atom. The van der Waals surface area contributed by atoms with Gasteiger partial charge in [-0.2, -0.15) is 0 Å². The molecule has 0 aromatic heterocycles. The van der Waals surface area contributed by atoms with E-state index < -0.39 is 93.0 Å². The highest BCUT2D eigenvalue weighted by atomic mass is 28.4. The predicted octanol–water partition coefficient (Wildman–Crippen LogP) is 9.51. The van der Waals surface area contributed by atoms with Crippen LogP contribution in [0.15, 0.2) is 41.5 Å². The monoisotopic (exact) mass is 842 g/mol. The van der Waals surface area contributed by atoms with Crippen molar-refractivity contribution in [2.75, 3.05) is 6.61 Å². The number of hydrogen-bond acceptors (Lipinski definition) is 10. The van der Waals surface area contributed by atoms with E-state index in [1.54, 1.807) is 12.1 Å². The number of ether oxygens (including phenoxy) is 5. The van der Waals surface area contributed by atoms with Crippen molar-refractivity contribution in [3.05, 3.63) is 47.0 Å². The molecule has 1 aromatic rings. The molecule has 4 fully saturated rings. The third kappa shape index (κ3) is 7.14. The summed E-state index contributed by atoms with van der Waals surface area (Å²) in [5.41, 5.74) is -2.73. The van der Waals surface area contributed by atoms with Gasteiger partial charge in [0.2, 0.25) is 0 Å². The number of benzene rings is 1. The number of carbonyl (C=O) groups is 2. The zero-order valence-corrected chi connectivity index (χ0v) is 39.8. The molecular weight excluding hydrogens is 769 g/mol. The molecule has 2 saturated heterocycles. The van der Waals surface area contributed by atoms with Crippen molar-refractivity contribution in [2.45, 2.75) is 206 Å². The second-order valence-electron chi connectivity index (χ2n) is 19.3. The molecule has 1 aromatic carbocycles. The topological polar surface area (TPSA) is 119 Å². The smallest absolute Gasteiger partial charge is 0.338 e. The number of aliphatic hydroxyl groups is 1. The van der Waals surface area contributed by atoms with Crippen LogP contribution >= 0.6 is 0 Å². The molecule has 2 aliphatic heterocycles. The van der Waals surface area contributed by atoms with Crippen molar-refractivity contribution in [1.29, 1.82) is 0 Å². The number of esters is 2. The fourth-order valence-corrected chi connectivity index (χ4v) is 17.7. The van der Waals surface area contributed by atoms with Crippen LogP contribution in [0, 0.1) is 16.7 Å². The third-order valence-electron chi connectivity index (χ3n) is 16.0. The molecule has 6 rings (SSSR count). The van der Waals surface area contributed by atoms with Gasteiger partial charge in [-0.1, -0.05) is 87.4 Å². The van der Waals surface area contributed by atoms with Gasteiger partial charge in [0.15, 0.2) is 28.0 Å². The fraction of sp³-hybridized carbons (Fsp3) is 0.783. The van der Waals surface area contributed by atoms with E-state index in [0.29, 0.717) is 18.4 Å². The average Bonchev–Trinajstić information content (AvgIpc) is 3.52. The van der Waals surface area contributed by atoms with Gasteiger partial charge in [0.1, 0.15) is 23.9 Å². The molecule has 10 atom stereocenters. The lowest BCUT2D eigenvalue weighted by Gasteiger charge is -2.70. The molecule has 2 bridgehead atoms. The van der Waals surface area contributed by atoms with Crippen LogP contribution in [0.2, 0.25) is 36.3 Å². The molecule has 5 aliphatic rings. The molecule has 2 saturated carbocycles. The molecule has 0 radical (unpaired) electrons. The van der Waals surface area contributed by atoms with Crippen LogP contribution in [-0.4, -0.2) is 93.9 Å². The first-order chi connectivity index (χ1) is 27.3. The van der Waals surface area contributed by atoms with Crippen molar-refractivity contribution in [2.24, 2.45) is 16.7 Å². The summed E-state index contributed by atoms with van der Waals surface area (Å²) in [5.74, 6) is -2.75. The Kier molecular flexibility index (Phi) is 12.9. The number of rotatable bonds is 15. The van der Waals surface area contributed by atoms with Gasteiger partial charge in [-0.05, 0) is 86.7 Å². The summed E-state index contributed by atoms with van der Waals surface area (Å²) >= 11 is 0. The van der Waals surface area contributed by atoms with E-state index in [1.807, 2.05) is 39.0 Å². The van der Waals surface area contributed by atoms with Gasteiger partial charge < -0.3 is 37.6 Å². The summed E-state index contributed by atoms with van der Waals surface area (Å²) in [6, 6.07) is 14.5. The largest absolute Gasteiger partial charge is 0.455 e. The summed E-state index contributed by atoms with van der Waals surface area (Å²) in [4.78, 5) is 28.7. The van der Waals surface area contributed by atoms with Gasteiger partial charge >= 0.3 is 11.9 Å². The van der Waals surface area contributed by atoms with Crippen molar-refractivity contribution in [3.63, 3.8) is 0 Å². The van der Waals surface area contributed by atoms with E-state index >= 15 is 0 Å². The van der Waals surface area contributed by atoms with Crippen LogP contribution in [0.1, 0.15) is 126 Å². The van der Waals surface area contributed by atoms with E-state index in [4.69, 9.17) is 32.5 Å². The van der Waals surface area contributed by atoms with Gasteiger partial charge in [-0.3, -0.25) is 4.79 Å². The molecule has 12 heteroatoms. The number of fused-ring (bicyclic) bond motifs is 8. The third-order valence-corrected chi connectivity index (χ3v) is 25.3. The van der Waals surface area contributed by atoms with Crippen molar-refractivity contribution in [1.82, 2.24) is 0 Å². The summed E-state index contributed by atoms with van der Waals surface area (Å²) < 4.78 is 49.8. The van der Waals surface area contributed by atoms with Gasteiger partial charge in [0, 0.05) is 30.1 Å². The molecule has 326 valence electrons. The van der Waals surface area contributed by atoms with Gasteiger partial charge in [0.05, 0.1) is 36.4 Å². The summed E-state index contributed by atoms with van der Waals surface area (Å²) in [5, 5.41) is 14.2. The second kappa shape index (κ2) is 16.4. The van der Waals surface area contributed by atoms with Gasteiger partial charge in [0.25, 0.3) is 0 Å². The molecule has 10 nitrogen and oxygen atoms in total. The van der Waals surface area contributed by atoms with Crippen molar-refractivity contribution >= 4 is 28.6 Å². The highest BCUT2D eigenvalue weighted by Crippen LogP contribution is 2.68. The maximum absolute atomic E-state index is 14.7. The quantitative estimate of drug-likeness (QED) is 0.104. The second-order valence-corrected chi connectivity index (χ2v) is 28.7. The SMILES string of the molecule is CCCC(=O)O[C@@]12CO[C@@H]1C[C@H](O[Si](CC)(CC)CC)[C@@]1(C)[C@@H]3OC(C)(C)O[C@@H]3C3=C(C)[C@@H](O[Si](CC)(CC)CC)C[C@@](O)([C@@H](OC(=O)c4ccccc4)[C@H]21)C3(C)C. The van der Waals surface area contributed by atoms with E-state index in [0.717, 1.165) is 47.4 Å². The zero-order chi connectivity index (χ0) is 42.7. The zero-order valence-electron chi connectivity index (χ0n) is 37.8. The average molecular weight is 843 g/mol. The molecular formula is C46H74O10Si2. The van der Waals surface area contributed by atoms with E-state index in [2.05, 4.69) is 69.2 Å². The molecule has 0 spiro atoms. The first-order valence-electron chi connectivity index (χ1n) is 22.5. The lowest BCUT2D eigenvalue weighted by Crippen LogP contribution is -2.82. The lowest BCUT2D eigenvalue weighted by molar-refractivity contribution is -0.361. The summed E-state index contributed by atoms with van der Waals surface area (Å²) in [6.07, 6.45) is -2.50. The Labute approximate surface area is 350 Å². The van der Waals surface area contributed by atoms with Crippen LogP contribution in [0.5, 0.6) is 0 Å². The summed E-state index contributed by atoms with van der Waals surface area (Å²) in [6.45, 7) is 27.7. The lowest BCUT2D eigenvalue weighted by atomic mass is 9.44. The molecule has 2 heterocycles. The van der Waals surface area contributed by atoms with E-state index in [-0.39, 0.29) is 25.4 Å². The van der Waals surface area contributed by atoms with Crippen molar-refractivity contribution < 1.29 is 47.2 Å². The first-order valence-corrected chi connectivity index (χ1v) is 27.6. The van der Waals surface area contributed by atoms with Crippen molar-refractivity contribution in [3.8, 4) is 0 Å². The predicted molar refractivity (Wildman–Crippen MR) is 229 cm³/mol. The Balaban J connectivity index is 1.71. The number of hydrogen-bond donors (Lipinski definition) is 1. The maximum atomic E-state index is 14.7. The highest BCUT2D eigenvalue weighted by Gasteiger charge is 2.80. The Morgan fingerprint density at radius 1 is 0.845 bits per heavy atom. The highest BCUT2D eigenvalue weighted by molar-refractivity contribution is 6.74. The Hall–Kier alpha value is -1.91. The molecule has 0 amide bonds.